The molecule has 0 aromatic rings. The van der Waals surface area contributed by atoms with Crippen molar-refractivity contribution in [2.75, 3.05) is 20.6 Å². The van der Waals surface area contributed by atoms with Gasteiger partial charge in [0.25, 0.3) is 0 Å². The highest BCUT2D eigenvalue weighted by Crippen LogP contribution is 2.40. The second kappa shape index (κ2) is 13.7. The summed E-state index contributed by atoms with van der Waals surface area (Å²) in [6, 6.07) is -1.18. The maximum Gasteiger partial charge on any atom is 0.408 e. The predicted octanol–water partition coefficient (Wildman–Crippen LogP) is 1.21. The van der Waals surface area contributed by atoms with Crippen molar-refractivity contribution in [3.63, 3.8) is 0 Å². The van der Waals surface area contributed by atoms with Crippen LogP contribution in [0.25, 0.3) is 0 Å². The van der Waals surface area contributed by atoms with E-state index in [0.29, 0.717) is 25.8 Å². The predicted molar refractivity (Wildman–Crippen MR) is 143 cm³/mol. The summed E-state index contributed by atoms with van der Waals surface area (Å²) >= 11 is 0. The minimum atomic E-state index is -3.77. The van der Waals surface area contributed by atoms with E-state index >= 15 is 0 Å². The first kappa shape index (κ1) is 32.0. The zero-order valence-electron chi connectivity index (χ0n) is 23.2. The Morgan fingerprint density at radius 3 is 2.50 bits per heavy atom. The van der Waals surface area contributed by atoms with Crippen LogP contribution < -0.4 is 15.8 Å². The van der Waals surface area contributed by atoms with Crippen LogP contribution in [0.1, 0.15) is 72.1 Å². The minimum Gasteiger partial charge on any atom is -0.444 e. The molecule has 1 saturated carbocycles. The number of allylic oxidation sites excluding steroid dienone is 2. The van der Waals surface area contributed by atoms with Crippen LogP contribution in [0.3, 0.4) is 0 Å². The van der Waals surface area contributed by atoms with Gasteiger partial charge in [-0.05, 0) is 65.2 Å². The van der Waals surface area contributed by atoms with Gasteiger partial charge in [-0.25, -0.2) is 9.52 Å². The van der Waals surface area contributed by atoms with Crippen LogP contribution in [0.2, 0.25) is 0 Å². The molecule has 0 aromatic carbocycles. The summed E-state index contributed by atoms with van der Waals surface area (Å²) < 4.78 is 32.0. The van der Waals surface area contributed by atoms with Gasteiger partial charge < -0.3 is 20.9 Å². The van der Waals surface area contributed by atoms with Crippen LogP contribution in [-0.2, 0) is 24.5 Å². The number of hydrogen-bond donors (Lipinski definition) is 4. The normalized spacial score (nSPS) is 23.8. The van der Waals surface area contributed by atoms with Gasteiger partial charge >= 0.3 is 16.3 Å². The topological polar surface area (TPSA) is 171 Å². The third kappa shape index (κ3) is 10.2. The SMILES string of the molecule is CN(C)S(=O)(=O)NC(=O)C1CC1C=CCCCCCC(NC(=O)OC(C)(C)C)C(O)N1CCCC1C(N)=O. The Labute approximate surface area is 226 Å². The summed E-state index contributed by atoms with van der Waals surface area (Å²) in [5, 5.41) is 13.8. The first-order valence-electron chi connectivity index (χ1n) is 13.3. The standard InChI is InChI=1S/C25H45N5O7S/c1-25(2,3)37-24(34)27-19(23(33)30-15-11-14-20(30)21(26)31)13-10-8-6-7-9-12-17-16-18(17)22(32)28-38(35,36)29(4)5/h9,12,17-20,23,33H,6-8,10-11,13-16H2,1-5H3,(H2,26,31)(H,27,34)(H,28,32). The number of hydrogen-bond acceptors (Lipinski definition) is 8. The molecule has 5 unspecified atom stereocenters. The third-order valence-electron chi connectivity index (χ3n) is 6.68. The lowest BCUT2D eigenvalue weighted by atomic mass is 10.0. The monoisotopic (exact) mass is 559 g/mol. The molecule has 5 atom stereocenters. The smallest absolute Gasteiger partial charge is 0.408 e. The van der Waals surface area contributed by atoms with Crippen LogP contribution in [0, 0.1) is 11.8 Å². The maximum absolute atomic E-state index is 12.4. The summed E-state index contributed by atoms with van der Waals surface area (Å²) in [4.78, 5) is 38.0. The summed E-state index contributed by atoms with van der Waals surface area (Å²) in [7, 11) is -1.05. The average Bonchev–Trinajstić information content (AvgIpc) is 3.39. The molecule has 2 rings (SSSR count). The molecule has 218 valence electrons. The largest absolute Gasteiger partial charge is 0.444 e. The van der Waals surface area contributed by atoms with Gasteiger partial charge in [0.05, 0.1) is 12.1 Å². The van der Waals surface area contributed by atoms with Crippen molar-refractivity contribution in [2.24, 2.45) is 17.6 Å². The van der Waals surface area contributed by atoms with Crippen molar-refractivity contribution in [2.45, 2.75) is 96.1 Å². The van der Waals surface area contributed by atoms with E-state index in [4.69, 9.17) is 10.5 Å². The molecule has 38 heavy (non-hydrogen) atoms. The Bertz CT molecular complexity index is 964. The highest BCUT2D eigenvalue weighted by Gasteiger charge is 2.42. The van der Waals surface area contributed by atoms with Gasteiger partial charge in [-0.2, -0.15) is 12.7 Å². The molecule has 13 heteroatoms. The van der Waals surface area contributed by atoms with Crippen molar-refractivity contribution in [1.29, 1.82) is 0 Å². The average molecular weight is 560 g/mol. The van der Waals surface area contributed by atoms with E-state index in [1.807, 2.05) is 12.2 Å². The Balaban J connectivity index is 1.79. The Hall–Kier alpha value is -2.22. The molecule has 1 heterocycles. The molecule has 5 N–H and O–H groups in total. The van der Waals surface area contributed by atoms with Gasteiger partial charge in [0, 0.05) is 26.6 Å². The van der Waals surface area contributed by atoms with Gasteiger partial charge in [-0.3, -0.25) is 14.5 Å². The summed E-state index contributed by atoms with van der Waals surface area (Å²) in [6.45, 7) is 5.80. The number of nitrogens with two attached hydrogens (primary N) is 1. The number of rotatable bonds is 14. The van der Waals surface area contributed by atoms with E-state index in [2.05, 4.69) is 10.0 Å². The van der Waals surface area contributed by atoms with E-state index in [-0.39, 0.29) is 11.8 Å². The third-order valence-corrected chi connectivity index (χ3v) is 8.10. The van der Waals surface area contributed by atoms with Gasteiger partial charge in [-0.1, -0.05) is 25.0 Å². The van der Waals surface area contributed by atoms with E-state index in [1.54, 1.807) is 25.7 Å². The van der Waals surface area contributed by atoms with Crippen LogP contribution in [0.5, 0.6) is 0 Å². The number of aliphatic hydroxyl groups excluding tert-OH is 1. The van der Waals surface area contributed by atoms with Crippen molar-refractivity contribution < 1.29 is 32.6 Å². The zero-order valence-corrected chi connectivity index (χ0v) is 24.0. The van der Waals surface area contributed by atoms with Crippen LogP contribution in [0.15, 0.2) is 12.2 Å². The number of nitrogens with one attached hydrogen (secondary N) is 2. The second-order valence-electron chi connectivity index (χ2n) is 11.3. The molecule has 1 aliphatic heterocycles. The van der Waals surface area contributed by atoms with Gasteiger partial charge in [0.2, 0.25) is 11.8 Å². The molecule has 0 radical (unpaired) electrons. The van der Waals surface area contributed by atoms with Crippen LogP contribution in [0.4, 0.5) is 4.79 Å². The molecule has 2 fully saturated rings. The lowest BCUT2D eigenvalue weighted by Crippen LogP contribution is -2.56. The van der Waals surface area contributed by atoms with Crippen molar-refractivity contribution >= 4 is 28.1 Å². The highest BCUT2D eigenvalue weighted by molar-refractivity contribution is 7.87. The molecule has 12 nitrogen and oxygen atoms in total. The van der Waals surface area contributed by atoms with Crippen LogP contribution >= 0.6 is 0 Å². The number of carbonyl (C=O) groups excluding carboxylic acids is 3. The number of primary amides is 1. The van der Waals surface area contributed by atoms with Crippen LogP contribution in [-0.4, -0.2) is 85.2 Å². The number of alkyl carbamates (subject to hydrolysis) is 1. The zero-order chi connectivity index (χ0) is 28.7. The molecule has 2 aliphatic rings. The van der Waals surface area contributed by atoms with Gasteiger partial charge in [0.15, 0.2) is 0 Å². The van der Waals surface area contributed by atoms with E-state index in [9.17, 15) is 27.9 Å². The summed E-state index contributed by atoms with van der Waals surface area (Å²) in [5.41, 5.74) is 4.82. The highest BCUT2D eigenvalue weighted by atomic mass is 32.2. The number of aliphatic hydroxyl groups is 1. The van der Waals surface area contributed by atoms with Gasteiger partial charge in [0.1, 0.15) is 11.8 Å². The lowest BCUT2D eigenvalue weighted by molar-refractivity contribution is -0.127. The molecule has 0 bridgehead atoms. The Morgan fingerprint density at radius 2 is 1.89 bits per heavy atom. The fourth-order valence-electron chi connectivity index (χ4n) is 4.49. The summed E-state index contributed by atoms with van der Waals surface area (Å²) in [6.07, 6.45) is 7.97. The van der Waals surface area contributed by atoms with Gasteiger partial charge in [-0.15, -0.1) is 0 Å². The van der Waals surface area contributed by atoms with E-state index < -0.39 is 52.0 Å². The molecule has 1 aliphatic carbocycles. The van der Waals surface area contributed by atoms with Crippen molar-refractivity contribution in [1.82, 2.24) is 19.2 Å². The van der Waals surface area contributed by atoms with E-state index in [0.717, 1.165) is 36.4 Å². The van der Waals surface area contributed by atoms with Crippen molar-refractivity contribution in [3.05, 3.63) is 12.2 Å². The molecular formula is C25H45N5O7S. The lowest BCUT2D eigenvalue weighted by Gasteiger charge is -2.34. The fourth-order valence-corrected chi connectivity index (χ4v) is 5.08. The number of nitrogens with zero attached hydrogens (tertiary/aromatic N) is 2. The molecule has 1 saturated heterocycles. The quantitative estimate of drug-likeness (QED) is 0.182. The second-order valence-corrected chi connectivity index (χ2v) is 13.2. The Morgan fingerprint density at radius 1 is 1.21 bits per heavy atom. The number of carbonyl (C=O) groups is 3. The first-order chi connectivity index (χ1) is 17.6. The molecule has 0 spiro atoms. The number of amides is 3. The first-order valence-corrected chi connectivity index (χ1v) is 14.7. The molecule has 0 aromatic heterocycles. The number of ether oxygens (including phenoxy) is 1. The molecular weight excluding hydrogens is 514 g/mol. The molecule has 3 amide bonds. The fraction of sp³-hybridized carbons (Fsp3) is 0.800. The number of unbranched alkanes of at least 4 members (excludes halogenated alkanes) is 3. The van der Waals surface area contributed by atoms with Crippen molar-refractivity contribution in [3.8, 4) is 0 Å². The van der Waals surface area contributed by atoms with E-state index in [1.165, 1.54) is 14.1 Å². The Kier molecular flexibility index (Phi) is 11.6. The maximum atomic E-state index is 12.4. The summed E-state index contributed by atoms with van der Waals surface area (Å²) in [5.74, 6) is -1.24. The number of likely N-dealkylation sites (tertiary alicyclic amines) is 1. The minimum absolute atomic E-state index is 0.0450.